The number of hydrogen-bond acceptors (Lipinski definition) is 3. The van der Waals surface area contributed by atoms with E-state index in [1.807, 2.05) is 19.1 Å². The Balaban J connectivity index is 1.75. The fourth-order valence-corrected chi connectivity index (χ4v) is 3.75. The number of fused-ring (bicyclic) bond motifs is 1. The first-order chi connectivity index (χ1) is 10.2. The van der Waals surface area contributed by atoms with Crippen LogP contribution in [0.1, 0.15) is 49.9 Å². The predicted molar refractivity (Wildman–Crippen MR) is 87.1 cm³/mol. The smallest absolute Gasteiger partial charge is 0.162 e. The summed E-state index contributed by atoms with van der Waals surface area (Å²) in [5.41, 5.74) is 2.10. The summed E-state index contributed by atoms with van der Waals surface area (Å²) in [6, 6.07) is 9.48. The molecule has 0 spiro atoms. The van der Waals surface area contributed by atoms with Crippen molar-refractivity contribution in [3.05, 3.63) is 29.8 Å². The molecule has 21 heavy (non-hydrogen) atoms. The number of nitrogens with zero attached hydrogens (tertiary/aromatic N) is 2. The molecule has 114 valence electrons. The van der Waals surface area contributed by atoms with Crippen LogP contribution >= 0.6 is 0 Å². The summed E-state index contributed by atoms with van der Waals surface area (Å²) in [7, 11) is 0. The number of rotatable bonds is 3. The first kappa shape index (κ1) is 14.6. The van der Waals surface area contributed by atoms with Gasteiger partial charge in [-0.2, -0.15) is 0 Å². The molecule has 1 aromatic rings. The zero-order valence-corrected chi connectivity index (χ0v) is 13.2. The molecule has 2 aliphatic rings. The molecule has 3 rings (SSSR count). The molecule has 3 heteroatoms. The lowest BCUT2D eigenvalue weighted by atomic mass is 9.96. The van der Waals surface area contributed by atoms with Crippen LogP contribution < -0.4 is 4.90 Å². The Kier molecular flexibility index (Phi) is 4.29. The van der Waals surface area contributed by atoms with Gasteiger partial charge in [-0.05, 0) is 50.6 Å². The Morgan fingerprint density at radius 2 is 1.95 bits per heavy atom. The van der Waals surface area contributed by atoms with Crippen molar-refractivity contribution in [2.45, 2.75) is 51.6 Å². The normalized spacial score (nSPS) is 26.5. The van der Waals surface area contributed by atoms with Crippen molar-refractivity contribution in [3.63, 3.8) is 0 Å². The van der Waals surface area contributed by atoms with E-state index < -0.39 is 0 Å². The molecular weight excluding hydrogens is 260 g/mol. The van der Waals surface area contributed by atoms with Crippen LogP contribution in [0.15, 0.2) is 24.3 Å². The Hall–Kier alpha value is -1.35. The van der Waals surface area contributed by atoms with Gasteiger partial charge in [0.1, 0.15) is 0 Å². The number of benzene rings is 1. The van der Waals surface area contributed by atoms with E-state index in [0.717, 1.165) is 12.1 Å². The van der Waals surface area contributed by atoms with Crippen LogP contribution in [0.5, 0.6) is 0 Å². The summed E-state index contributed by atoms with van der Waals surface area (Å²) in [6.45, 7) is 7.80. The van der Waals surface area contributed by atoms with Crippen molar-refractivity contribution in [2.24, 2.45) is 0 Å². The van der Waals surface area contributed by atoms with E-state index in [9.17, 15) is 4.79 Å². The van der Waals surface area contributed by atoms with Gasteiger partial charge in [0.05, 0.1) is 0 Å². The maximum absolute atomic E-state index is 11.7. The molecule has 0 bridgehead atoms. The lowest BCUT2D eigenvalue weighted by molar-refractivity contribution is 0.0988. The van der Waals surface area contributed by atoms with Gasteiger partial charge >= 0.3 is 0 Å². The monoisotopic (exact) mass is 286 g/mol. The van der Waals surface area contributed by atoms with Crippen LogP contribution in [0.4, 0.5) is 5.69 Å². The van der Waals surface area contributed by atoms with Crippen LogP contribution in [0.25, 0.3) is 0 Å². The van der Waals surface area contributed by atoms with Gasteiger partial charge < -0.3 is 4.90 Å². The molecule has 0 amide bonds. The van der Waals surface area contributed by atoms with Gasteiger partial charge in [-0.15, -0.1) is 0 Å². The lowest BCUT2D eigenvalue weighted by Gasteiger charge is -2.48. The second-order valence-electron chi connectivity index (χ2n) is 6.47. The molecule has 2 atom stereocenters. The summed E-state index contributed by atoms with van der Waals surface area (Å²) >= 11 is 0. The van der Waals surface area contributed by atoms with Crippen molar-refractivity contribution >= 4 is 11.5 Å². The first-order valence-electron chi connectivity index (χ1n) is 8.33. The first-order valence-corrected chi connectivity index (χ1v) is 8.33. The molecule has 2 fully saturated rings. The zero-order chi connectivity index (χ0) is 14.8. The van der Waals surface area contributed by atoms with E-state index in [-0.39, 0.29) is 5.78 Å². The van der Waals surface area contributed by atoms with Gasteiger partial charge in [0.15, 0.2) is 5.78 Å². The predicted octanol–water partition coefficient (Wildman–Crippen LogP) is 3.34. The molecule has 3 nitrogen and oxygen atoms in total. The van der Waals surface area contributed by atoms with E-state index in [1.165, 1.54) is 38.0 Å². The number of anilines is 1. The average molecular weight is 286 g/mol. The molecule has 2 heterocycles. The zero-order valence-electron chi connectivity index (χ0n) is 13.2. The minimum Gasteiger partial charge on any atom is -0.366 e. The van der Waals surface area contributed by atoms with Gasteiger partial charge in [0.2, 0.25) is 0 Å². The number of carbonyl (C=O) groups is 1. The van der Waals surface area contributed by atoms with Crippen LogP contribution in [-0.4, -0.2) is 42.4 Å². The van der Waals surface area contributed by atoms with Crippen molar-refractivity contribution in [3.8, 4) is 0 Å². The number of piperidine rings is 1. The molecule has 0 aliphatic carbocycles. The molecule has 0 saturated carbocycles. The maximum Gasteiger partial charge on any atom is 0.162 e. The van der Waals surface area contributed by atoms with Gasteiger partial charge in [0.25, 0.3) is 0 Å². The Morgan fingerprint density at radius 1 is 1.19 bits per heavy atom. The highest BCUT2D eigenvalue weighted by Gasteiger charge is 2.32. The third kappa shape index (κ3) is 2.98. The SMILES string of the molecule is CCC(=O)c1ccc(N2CC3CCCCN3CC2C)cc1. The highest BCUT2D eigenvalue weighted by Crippen LogP contribution is 2.28. The van der Waals surface area contributed by atoms with Crippen molar-refractivity contribution < 1.29 is 4.79 Å². The van der Waals surface area contributed by atoms with Crippen LogP contribution in [0.2, 0.25) is 0 Å². The summed E-state index contributed by atoms with van der Waals surface area (Å²) in [6.07, 6.45) is 4.64. The maximum atomic E-state index is 11.7. The topological polar surface area (TPSA) is 23.6 Å². The van der Waals surface area contributed by atoms with E-state index in [2.05, 4.69) is 28.9 Å². The summed E-state index contributed by atoms with van der Waals surface area (Å²) in [5.74, 6) is 0.228. The van der Waals surface area contributed by atoms with Gasteiger partial charge in [-0.1, -0.05) is 13.3 Å². The average Bonchev–Trinajstić information content (AvgIpc) is 2.53. The third-order valence-corrected chi connectivity index (χ3v) is 5.03. The quantitative estimate of drug-likeness (QED) is 0.796. The molecule has 2 unspecified atom stereocenters. The molecule has 0 aromatic heterocycles. The second kappa shape index (κ2) is 6.18. The van der Waals surface area contributed by atoms with Crippen molar-refractivity contribution in [1.82, 2.24) is 4.90 Å². The number of carbonyl (C=O) groups excluding carboxylic acids is 1. The van der Waals surface area contributed by atoms with E-state index in [1.54, 1.807) is 0 Å². The number of Topliss-reactive ketones (excluding diaryl/α,β-unsaturated/α-hetero) is 1. The fraction of sp³-hybridized carbons (Fsp3) is 0.611. The summed E-state index contributed by atoms with van der Waals surface area (Å²) in [5, 5.41) is 0. The summed E-state index contributed by atoms with van der Waals surface area (Å²) in [4.78, 5) is 16.9. The van der Waals surface area contributed by atoms with Gasteiger partial charge in [-0.25, -0.2) is 0 Å². The van der Waals surface area contributed by atoms with Crippen LogP contribution in [-0.2, 0) is 0 Å². The molecule has 0 N–H and O–H groups in total. The number of piperazine rings is 1. The van der Waals surface area contributed by atoms with E-state index in [4.69, 9.17) is 0 Å². The minimum atomic E-state index is 0.228. The van der Waals surface area contributed by atoms with Gasteiger partial charge in [-0.3, -0.25) is 9.69 Å². The highest BCUT2D eigenvalue weighted by atomic mass is 16.1. The lowest BCUT2D eigenvalue weighted by Crippen LogP contribution is -2.58. The second-order valence-corrected chi connectivity index (χ2v) is 6.47. The third-order valence-electron chi connectivity index (χ3n) is 5.03. The Bertz CT molecular complexity index is 496. The number of hydrogen-bond donors (Lipinski definition) is 0. The molecule has 2 aliphatic heterocycles. The number of ketones is 1. The molecule has 1 aromatic carbocycles. The Morgan fingerprint density at radius 3 is 2.67 bits per heavy atom. The largest absolute Gasteiger partial charge is 0.366 e. The van der Waals surface area contributed by atoms with Crippen LogP contribution in [0.3, 0.4) is 0 Å². The van der Waals surface area contributed by atoms with Crippen molar-refractivity contribution in [1.29, 1.82) is 0 Å². The Labute approximate surface area is 127 Å². The molecular formula is C18H26N2O. The standard InChI is InChI=1S/C18H26N2O/c1-3-18(21)15-7-9-16(10-8-15)20-13-17-6-4-5-11-19(17)12-14(20)2/h7-10,14,17H,3-6,11-13H2,1-2H3. The minimum absolute atomic E-state index is 0.228. The van der Waals surface area contributed by atoms with E-state index >= 15 is 0 Å². The van der Waals surface area contributed by atoms with Crippen molar-refractivity contribution in [2.75, 3.05) is 24.5 Å². The molecule has 2 saturated heterocycles. The van der Waals surface area contributed by atoms with E-state index in [0.29, 0.717) is 18.5 Å². The summed E-state index contributed by atoms with van der Waals surface area (Å²) < 4.78 is 0. The molecule has 0 radical (unpaired) electrons. The van der Waals surface area contributed by atoms with Gasteiger partial charge in [0, 0.05) is 42.8 Å². The fourth-order valence-electron chi connectivity index (χ4n) is 3.75. The van der Waals surface area contributed by atoms with Crippen LogP contribution in [0, 0.1) is 0 Å². The highest BCUT2D eigenvalue weighted by molar-refractivity contribution is 5.96.